The van der Waals surface area contributed by atoms with Gasteiger partial charge in [0.15, 0.2) is 4.77 Å². The van der Waals surface area contributed by atoms with Crippen LogP contribution in [0.25, 0.3) is 21.9 Å². The van der Waals surface area contributed by atoms with E-state index in [4.69, 9.17) is 17.0 Å². The van der Waals surface area contributed by atoms with Gasteiger partial charge in [-0.25, -0.2) is 0 Å². The highest BCUT2D eigenvalue weighted by atomic mass is 32.1. The van der Waals surface area contributed by atoms with Gasteiger partial charge in [0.2, 0.25) is 5.91 Å². The molecule has 1 amide bonds. The molecule has 3 aromatic rings. The number of nitrogens with zero attached hydrogens (tertiary/aromatic N) is 2. The normalized spacial score (nSPS) is 16.8. The molecular formula is C23H30N4O3S. The van der Waals surface area contributed by atoms with Gasteiger partial charge in [-0.3, -0.25) is 14.2 Å². The van der Waals surface area contributed by atoms with Crippen molar-refractivity contribution >= 4 is 40.1 Å². The zero-order chi connectivity index (χ0) is 22.0. The Labute approximate surface area is 186 Å². The number of aromatic amines is 2. The molecule has 0 bridgehead atoms. The fourth-order valence-electron chi connectivity index (χ4n) is 4.64. The molecule has 1 aromatic carbocycles. The van der Waals surface area contributed by atoms with Crippen molar-refractivity contribution in [1.82, 2.24) is 19.4 Å². The lowest BCUT2D eigenvalue weighted by molar-refractivity contribution is -0.135. The first-order valence-corrected chi connectivity index (χ1v) is 11.6. The third-order valence-corrected chi connectivity index (χ3v) is 6.71. The number of aromatic nitrogens is 3. The number of hydrogen-bond donors (Lipinski definition) is 2. The first-order chi connectivity index (χ1) is 15.0. The fraction of sp³-hybridized carbons (Fsp3) is 0.522. The van der Waals surface area contributed by atoms with Crippen molar-refractivity contribution in [1.29, 1.82) is 0 Å². The number of likely N-dealkylation sites (tertiary alicyclic amines) is 1. The minimum Gasteiger partial charge on any atom is -0.497 e. The van der Waals surface area contributed by atoms with E-state index < -0.39 is 0 Å². The molecule has 4 rings (SSSR count). The third-order valence-electron chi connectivity index (χ3n) is 6.38. The number of amides is 1. The molecule has 31 heavy (non-hydrogen) atoms. The number of hydrogen-bond acceptors (Lipinski definition) is 4. The van der Waals surface area contributed by atoms with E-state index in [9.17, 15) is 9.59 Å². The maximum Gasteiger partial charge on any atom is 0.278 e. The van der Waals surface area contributed by atoms with E-state index in [0.29, 0.717) is 34.8 Å². The smallest absolute Gasteiger partial charge is 0.278 e. The van der Waals surface area contributed by atoms with Crippen LogP contribution >= 0.6 is 12.2 Å². The Morgan fingerprint density at radius 2 is 2.06 bits per heavy atom. The van der Waals surface area contributed by atoms with Gasteiger partial charge in [0.05, 0.1) is 12.6 Å². The van der Waals surface area contributed by atoms with Crippen molar-refractivity contribution < 1.29 is 9.53 Å². The van der Waals surface area contributed by atoms with Crippen molar-refractivity contribution in [2.24, 2.45) is 0 Å². The second-order valence-corrected chi connectivity index (χ2v) is 8.66. The van der Waals surface area contributed by atoms with Crippen LogP contribution in [-0.4, -0.2) is 45.0 Å². The Kier molecular flexibility index (Phi) is 6.46. The molecule has 0 saturated carbocycles. The number of benzene rings is 1. The van der Waals surface area contributed by atoms with Gasteiger partial charge in [-0.05, 0) is 68.9 Å². The van der Waals surface area contributed by atoms with Gasteiger partial charge >= 0.3 is 0 Å². The van der Waals surface area contributed by atoms with E-state index in [0.717, 1.165) is 55.3 Å². The van der Waals surface area contributed by atoms with E-state index in [2.05, 4.69) is 21.8 Å². The molecule has 0 aliphatic carbocycles. The zero-order valence-electron chi connectivity index (χ0n) is 18.2. The highest BCUT2D eigenvalue weighted by Crippen LogP contribution is 2.26. The molecule has 0 unspecified atom stereocenters. The molecule has 166 valence electrons. The molecule has 1 aliphatic rings. The molecule has 7 nitrogen and oxygen atoms in total. The average Bonchev–Trinajstić information content (AvgIpc) is 3.16. The summed E-state index contributed by atoms with van der Waals surface area (Å²) in [5.41, 5.74) is 1.93. The largest absolute Gasteiger partial charge is 0.497 e. The van der Waals surface area contributed by atoms with Crippen LogP contribution in [0.1, 0.15) is 51.9 Å². The monoisotopic (exact) mass is 442 g/mol. The predicted molar refractivity (Wildman–Crippen MR) is 125 cm³/mol. The van der Waals surface area contributed by atoms with Gasteiger partial charge < -0.3 is 19.6 Å². The molecule has 3 heterocycles. The van der Waals surface area contributed by atoms with E-state index in [1.54, 1.807) is 11.7 Å². The number of fused-ring (bicyclic) bond motifs is 3. The number of H-pyrrole nitrogens is 2. The van der Waals surface area contributed by atoms with Crippen LogP contribution in [0.5, 0.6) is 5.75 Å². The Bertz CT molecular complexity index is 1210. The van der Waals surface area contributed by atoms with Crippen molar-refractivity contribution in [3.05, 3.63) is 33.3 Å². The zero-order valence-corrected chi connectivity index (χ0v) is 19.0. The van der Waals surface area contributed by atoms with Crippen molar-refractivity contribution in [3.8, 4) is 5.75 Å². The summed E-state index contributed by atoms with van der Waals surface area (Å²) >= 11 is 5.48. The highest BCUT2D eigenvalue weighted by molar-refractivity contribution is 7.71. The molecule has 1 atom stereocenters. The number of nitrogens with one attached hydrogen (secondary N) is 2. The number of piperidine rings is 1. The topological polar surface area (TPSA) is 83.1 Å². The Morgan fingerprint density at radius 3 is 2.84 bits per heavy atom. The number of carbonyl (C=O) groups is 1. The van der Waals surface area contributed by atoms with Gasteiger partial charge in [0, 0.05) is 36.5 Å². The van der Waals surface area contributed by atoms with Crippen LogP contribution in [0.2, 0.25) is 0 Å². The minimum absolute atomic E-state index is 0.137. The molecule has 1 fully saturated rings. The second kappa shape index (κ2) is 9.26. The van der Waals surface area contributed by atoms with E-state index in [-0.39, 0.29) is 11.5 Å². The minimum atomic E-state index is -0.137. The number of unbranched alkanes of at least 4 members (excludes halogenated alkanes) is 1. The maximum atomic E-state index is 13.1. The lowest BCUT2D eigenvalue weighted by Crippen LogP contribution is -2.43. The summed E-state index contributed by atoms with van der Waals surface area (Å²) < 4.78 is 7.28. The Hall–Kier alpha value is -2.61. The molecule has 2 aromatic heterocycles. The van der Waals surface area contributed by atoms with Gasteiger partial charge in [0.25, 0.3) is 5.56 Å². The molecule has 0 radical (unpaired) electrons. The Morgan fingerprint density at radius 1 is 1.23 bits per heavy atom. The average molecular weight is 443 g/mol. The summed E-state index contributed by atoms with van der Waals surface area (Å²) in [5, 5.41) is 0.877. The van der Waals surface area contributed by atoms with Crippen LogP contribution < -0.4 is 10.3 Å². The molecule has 0 spiro atoms. The lowest BCUT2D eigenvalue weighted by atomic mass is 9.99. The van der Waals surface area contributed by atoms with Crippen molar-refractivity contribution in [2.75, 3.05) is 13.7 Å². The second-order valence-electron chi connectivity index (χ2n) is 8.28. The highest BCUT2D eigenvalue weighted by Gasteiger charge is 2.24. The molecule has 8 heteroatoms. The van der Waals surface area contributed by atoms with Crippen molar-refractivity contribution in [3.63, 3.8) is 0 Å². The number of rotatable bonds is 7. The van der Waals surface area contributed by atoms with E-state index in [1.807, 2.05) is 18.2 Å². The quantitative estimate of drug-likeness (QED) is 0.417. The third kappa shape index (κ3) is 4.26. The van der Waals surface area contributed by atoms with Crippen LogP contribution in [0.4, 0.5) is 0 Å². The predicted octanol–water partition coefficient (Wildman–Crippen LogP) is 4.51. The summed E-state index contributed by atoms with van der Waals surface area (Å²) in [5.74, 6) is 0.963. The standard InChI is InChI=1S/C23H30N4O3S/c1-3-15-8-4-6-12-26(15)19(28)9-5-7-13-27-22(29)21-20(25-23(27)31)17-14-16(30-2)10-11-18(17)24-21/h10-11,14-15,24H,3-9,12-13H2,1-2H3,(H,25,31)/t15-/m0/s1. The summed E-state index contributed by atoms with van der Waals surface area (Å²) in [7, 11) is 1.61. The summed E-state index contributed by atoms with van der Waals surface area (Å²) in [4.78, 5) is 34.2. The molecule has 1 saturated heterocycles. The Balaban J connectivity index is 1.46. The van der Waals surface area contributed by atoms with Crippen LogP contribution in [0, 0.1) is 4.77 Å². The van der Waals surface area contributed by atoms with Gasteiger partial charge in [-0.2, -0.15) is 0 Å². The van der Waals surface area contributed by atoms with Gasteiger partial charge in [-0.15, -0.1) is 0 Å². The molecule has 2 N–H and O–H groups in total. The lowest BCUT2D eigenvalue weighted by Gasteiger charge is -2.35. The van der Waals surface area contributed by atoms with Gasteiger partial charge in [0.1, 0.15) is 11.3 Å². The SMILES string of the molecule is CC[C@H]1CCCCN1C(=O)CCCCn1c(=S)[nH]c2c([nH]c3ccc(OC)cc32)c1=O. The summed E-state index contributed by atoms with van der Waals surface area (Å²) in [6, 6.07) is 6.03. The number of carbonyl (C=O) groups excluding carboxylic acids is 1. The van der Waals surface area contributed by atoms with E-state index >= 15 is 0 Å². The fourth-order valence-corrected chi connectivity index (χ4v) is 4.91. The van der Waals surface area contributed by atoms with Gasteiger partial charge in [-0.1, -0.05) is 6.92 Å². The van der Waals surface area contributed by atoms with Crippen LogP contribution in [-0.2, 0) is 11.3 Å². The number of ether oxygens (including phenoxy) is 1. The van der Waals surface area contributed by atoms with Crippen molar-refractivity contribution in [2.45, 2.75) is 64.5 Å². The first kappa shape index (κ1) is 21.6. The number of methoxy groups -OCH3 is 1. The van der Waals surface area contributed by atoms with Crippen LogP contribution in [0.15, 0.2) is 23.0 Å². The molecule has 1 aliphatic heterocycles. The summed E-state index contributed by atoms with van der Waals surface area (Å²) in [6.07, 6.45) is 6.45. The maximum absolute atomic E-state index is 13.1. The van der Waals surface area contributed by atoms with Crippen LogP contribution in [0.3, 0.4) is 0 Å². The summed E-state index contributed by atoms with van der Waals surface area (Å²) in [6.45, 7) is 3.53. The first-order valence-electron chi connectivity index (χ1n) is 11.2. The molecular weight excluding hydrogens is 412 g/mol. The van der Waals surface area contributed by atoms with E-state index in [1.165, 1.54) is 6.42 Å².